The summed E-state index contributed by atoms with van der Waals surface area (Å²) in [5, 5.41) is 11.9. The van der Waals surface area contributed by atoms with Crippen LogP contribution >= 0.6 is 0 Å². The summed E-state index contributed by atoms with van der Waals surface area (Å²) in [6.07, 6.45) is 3.97. The molecule has 21 heavy (non-hydrogen) atoms. The predicted octanol–water partition coefficient (Wildman–Crippen LogP) is 2.08. The summed E-state index contributed by atoms with van der Waals surface area (Å²) >= 11 is 0. The number of benzene rings is 1. The lowest BCUT2D eigenvalue weighted by atomic mass is 9.79. The lowest BCUT2D eigenvalue weighted by Gasteiger charge is -2.30. The Morgan fingerprint density at radius 2 is 1.95 bits per heavy atom. The van der Waals surface area contributed by atoms with E-state index in [9.17, 15) is 18.7 Å². The molecule has 6 heteroatoms. The summed E-state index contributed by atoms with van der Waals surface area (Å²) < 4.78 is 27.0. The summed E-state index contributed by atoms with van der Waals surface area (Å²) in [7, 11) is 0. The number of rotatable bonds is 4. The molecule has 0 bridgehead atoms. The van der Waals surface area contributed by atoms with Gasteiger partial charge in [-0.05, 0) is 36.8 Å². The number of anilines is 1. The quantitative estimate of drug-likeness (QED) is 0.745. The van der Waals surface area contributed by atoms with Gasteiger partial charge in [-0.2, -0.15) is 0 Å². The van der Waals surface area contributed by atoms with Crippen molar-refractivity contribution in [2.24, 2.45) is 11.8 Å². The third-order valence-corrected chi connectivity index (χ3v) is 4.14. The molecule has 0 radical (unpaired) electrons. The number of hydrogen-bond acceptors (Lipinski definition) is 3. The van der Waals surface area contributed by atoms with E-state index < -0.39 is 17.5 Å². The van der Waals surface area contributed by atoms with Gasteiger partial charge >= 0.3 is 0 Å². The van der Waals surface area contributed by atoms with Crippen LogP contribution in [0.1, 0.15) is 36.0 Å². The van der Waals surface area contributed by atoms with Gasteiger partial charge in [-0.15, -0.1) is 0 Å². The van der Waals surface area contributed by atoms with E-state index in [1.165, 1.54) is 0 Å². The minimum atomic E-state index is -0.906. The third kappa shape index (κ3) is 3.69. The van der Waals surface area contributed by atoms with Crippen molar-refractivity contribution < 1.29 is 18.7 Å². The first-order valence-electron chi connectivity index (χ1n) is 7.16. The first kappa shape index (κ1) is 15.7. The van der Waals surface area contributed by atoms with Crippen LogP contribution in [-0.2, 0) is 0 Å². The Labute approximate surface area is 122 Å². The Hall–Kier alpha value is -1.69. The first-order valence-corrected chi connectivity index (χ1v) is 7.16. The van der Waals surface area contributed by atoms with E-state index in [1.54, 1.807) is 0 Å². The van der Waals surface area contributed by atoms with Crippen LogP contribution in [0.4, 0.5) is 14.5 Å². The van der Waals surface area contributed by atoms with E-state index in [-0.39, 0.29) is 29.7 Å². The maximum absolute atomic E-state index is 13.7. The average molecular weight is 298 g/mol. The number of carbonyl (C=O) groups excluding carboxylic acids is 1. The molecular weight excluding hydrogens is 278 g/mol. The van der Waals surface area contributed by atoms with Gasteiger partial charge in [-0.1, -0.05) is 12.8 Å². The van der Waals surface area contributed by atoms with Gasteiger partial charge in [0.25, 0.3) is 5.91 Å². The molecule has 0 aliphatic heterocycles. The summed E-state index contributed by atoms with van der Waals surface area (Å²) in [5.74, 6) is -2.01. The van der Waals surface area contributed by atoms with E-state index >= 15 is 0 Å². The fourth-order valence-corrected chi connectivity index (χ4v) is 2.89. The highest BCUT2D eigenvalue weighted by molar-refractivity contribution is 5.95. The van der Waals surface area contributed by atoms with Crippen molar-refractivity contribution in [3.05, 3.63) is 29.3 Å². The summed E-state index contributed by atoms with van der Waals surface area (Å²) in [6.45, 7) is 0.432. The number of halogens is 2. The number of nitrogens with two attached hydrogens (primary N) is 1. The molecule has 1 aromatic rings. The van der Waals surface area contributed by atoms with Gasteiger partial charge in [0.2, 0.25) is 0 Å². The first-order chi connectivity index (χ1) is 10.0. The molecule has 4 nitrogen and oxygen atoms in total. The molecular formula is C15H20F2N2O2. The standard InChI is InChI=1S/C15H20F2N2O2/c16-11-5-12(14(17)13(18)6-11)15(21)19-7-9-3-1-2-4-10(9)8-20/h5-6,9-10,20H,1-4,7-8,18H2,(H,19,21). The van der Waals surface area contributed by atoms with E-state index in [1.807, 2.05) is 0 Å². The highest BCUT2D eigenvalue weighted by Crippen LogP contribution is 2.29. The number of nitrogen functional groups attached to an aromatic ring is 1. The van der Waals surface area contributed by atoms with Crippen molar-refractivity contribution >= 4 is 11.6 Å². The van der Waals surface area contributed by atoms with Crippen LogP contribution in [0.5, 0.6) is 0 Å². The molecule has 1 amide bonds. The second kappa shape index (κ2) is 6.85. The summed E-state index contributed by atoms with van der Waals surface area (Å²) in [4.78, 5) is 12.0. The lowest BCUT2D eigenvalue weighted by molar-refractivity contribution is 0.0905. The van der Waals surface area contributed by atoms with Gasteiger partial charge in [0.05, 0.1) is 11.3 Å². The fourth-order valence-electron chi connectivity index (χ4n) is 2.89. The number of aliphatic hydroxyl groups excluding tert-OH is 1. The molecule has 2 rings (SSSR count). The maximum Gasteiger partial charge on any atom is 0.254 e. The second-order valence-corrected chi connectivity index (χ2v) is 5.55. The van der Waals surface area contributed by atoms with Crippen LogP contribution in [0, 0.1) is 23.5 Å². The Morgan fingerprint density at radius 1 is 1.29 bits per heavy atom. The van der Waals surface area contributed by atoms with Gasteiger partial charge in [-0.25, -0.2) is 8.78 Å². The smallest absolute Gasteiger partial charge is 0.254 e. The molecule has 2 unspecified atom stereocenters. The zero-order chi connectivity index (χ0) is 15.4. The Morgan fingerprint density at radius 3 is 2.62 bits per heavy atom. The van der Waals surface area contributed by atoms with E-state index in [0.29, 0.717) is 6.54 Å². The summed E-state index contributed by atoms with van der Waals surface area (Å²) in [5.41, 5.74) is 4.55. The van der Waals surface area contributed by atoms with Gasteiger partial charge in [0, 0.05) is 13.2 Å². The molecule has 1 saturated carbocycles. The molecule has 0 spiro atoms. The van der Waals surface area contributed by atoms with Crippen LogP contribution in [-0.4, -0.2) is 24.2 Å². The highest BCUT2D eigenvalue weighted by Gasteiger charge is 2.25. The molecule has 1 aliphatic carbocycles. The van der Waals surface area contributed by atoms with Crippen LogP contribution in [0.15, 0.2) is 12.1 Å². The van der Waals surface area contributed by atoms with Crippen LogP contribution in [0.2, 0.25) is 0 Å². The second-order valence-electron chi connectivity index (χ2n) is 5.55. The monoisotopic (exact) mass is 298 g/mol. The van der Waals surface area contributed by atoms with E-state index in [4.69, 9.17) is 5.73 Å². The SMILES string of the molecule is Nc1cc(F)cc(C(=O)NCC2CCCCC2CO)c1F. The Balaban J connectivity index is 2.01. The molecule has 1 aliphatic rings. The van der Waals surface area contributed by atoms with Crippen molar-refractivity contribution in [2.45, 2.75) is 25.7 Å². The molecule has 0 heterocycles. The van der Waals surface area contributed by atoms with E-state index in [2.05, 4.69) is 5.32 Å². The topological polar surface area (TPSA) is 75.4 Å². The lowest BCUT2D eigenvalue weighted by Crippen LogP contribution is -2.35. The predicted molar refractivity (Wildman–Crippen MR) is 75.6 cm³/mol. The number of amides is 1. The number of carbonyl (C=O) groups is 1. The van der Waals surface area contributed by atoms with Crippen molar-refractivity contribution in [3.63, 3.8) is 0 Å². The third-order valence-electron chi connectivity index (χ3n) is 4.14. The normalized spacial score (nSPS) is 22.0. The molecule has 0 aromatic heterocycles. The van der Waals surface area contributed by atoms with Crippen molar-refractivity contribution in [1.82, 2.24) is 5.32 Å². The number of aliphatic hydroxyl groups is 1. The fraction of sp³-hybridized carbons (Fsp3) is 0.533. The summed E-state index contributed by atoms with van der Waals surface area (Å²) in [6, 6.07) is 1.68. The molecule has 2 atom stereocenters. The molecule has 4 N–H and O–H groups in total. The van der Waals surface area contributed by atoms with E-state index in [0.717, 1.165) is 37.8 Å². The number of hydrogen-bond donors (Lipinski definition) is 3. The van der Waals surface area contributed by atoms with Crippen LogP contribution < -0.4 is 11.1 Å². The largest absolute Gasteiger partial charge is 0.396 e. The Kier molecular flexibility index (Phi) is 5.12. The zero-order valence-corrected chi connectivity index (χ0v) is 11.7. The van der Waals surface area contributed by atoms with Gasteiger partial charge in [0.1, 0.15) is 5.82 Å². The minimum absolute atomic E-state index is 0.0851. The van der Waals surface area contributed by atoms with Crippen molar-refractivity contribution in [1.29, 1.82) is 0 Å². The van der Waals surface area contributed by atoms with Crippen LogP contribution in [0.3, 0.4) is 0 Å². The number of nitrogens with one attached hydrogen (secondary N) is 1. The van der Waals surface area contributed by atoms with Gasteiger partial charge < -0.3 is 16.2 Å². The van der Waals surface area contributed by atoms with Gasteiger partial charge in [-0.3, -0.25) is 4.79 Å². The van der Waals surface area contributed by atoms with Crippen molar-refractivity contribution in [3.8, 4) is 0 Å². The maximum atomic E-state index is 13.7. The average Bonchev–Trinajstić information content (AvgIpc) is 2.48. The minimum Gasteiger partial charge on any atom is -0.396 e. The Bertz CT molecular complexity index is 523. The molecule has 1 fully saturated rings. The molecule has 0 saturated heterocycles. The highest BCUT2D eigenvalue weighted by atomic mass is 19.1. The molecule has 116 valence electrons. The van der Waals surface area contributed by atoms with Gasteiger partial charge in [0.15, 0.2) is 5.82 Å². The van der Waals surface area contributed by atoms with Crippen LogP contribution in [0.25, 0.3) is 0 Å². The van der Waals surface area contributed by atoms with Crippen molar-refractivity contribution in [2.75, 3.05) is 18.9 Å². The zero-order valence-electron chi connectivity index (χ0n) is 11.7. The molecule has 1 aromatic carbocycles.